The molecule has 0 amide bonds. The van der Waals surface area contributed by atoms with Crippen molar-refractivity contribution in [1.82, 2.24) is 0 Å². The SMILES string of the molecule is Cc1cc(Cl)ccc1C(O)CCC(=O)O. The molecule has 15 heavy (non-hydrogen) atoms. The van der Waals surface area contributed by atoms with Gasteiger partial charge in [-0.2, -0.15) is 0 Å². The van der Waals surface area contributed by atoms with Crippen LogP contribution in [-0.2, 0) is 4.79 Å². The summed E-state index contributed by atoms with van der Waals surface area (Å²) in [5, 5.41) is 18.8. The maximum atomic E-state index is 10.3. The first-order valence-corrected chi connectivity index (χ1v) is 5.04. The smallest absolute Gasteiger partial charge is 0.303 e. The maximum Gasteiger partial charge on any atom is 0.303 e. The highest BCUT2D eigenvalue weighted by Gasteiger charge is 2.12. The van der Waals surface area contributed by atoms with Crippen LogP contribution in [0.2, 0.25) is 5.02 Å². The third-order valence-corrected chi connectivity index (χ3v) is 2.46. The van der Waals surface area contributed by atoms with Gasteiger partial charge in [-0.05, 0) is 36.6 Å². The maximum absolute atomic E-state index is 10.3. The Bertz CT molecular complexity index is 363. The van der Waals surface area contributed by atoms with Crippen molar-refractivity contribution >= 4 is 17.6 Å². The molecule has 0 aliphatic rings. The lowest BCUT2D eigenvalue weighted by molar-refractivity contribution is -0.137. The molecule has 1 rings (SSSR count). The zero-order valence-corrected chi connectivity index (χ0v) is 9.16. The van der Waals surface area contributed by atoms with Crippen LogP contribution in [0, 0.1) is 6.92 Å². The van der Waals surface area contributed by atoms with Crippen LogP contribution < -0.4 is 0 Å². The molecule has 0 heterocycles. The van der Waals surface area contributed by atoms with Gasteiger partial charge in [0.15, 0.2) is 0 Å². The number of hydrogen-bond acceptors (Lipinski definition) is 2. The molecule has 4 heteroatoms. The number of benzene rings is 1. The Labute approximate surface area is 93.3 Å². The van der Waals surface area contributed by atoms with Crippen LogP contribution in [-0.4, -0.2) is 16.2 Å². The van der Waals surface area contributed by atoms with E-state index in [1.807, 2.05) is 6.92 Å². The lowest BCUT2D eigenvalue weighted by atomic mass is 10.0. The molecule has 1 aromatic carbocycles. The second-order valence-corrected chi connectivity index (χ2v) is 3.89. The molecule has 0 aliphatic heterocycles. The van der Waals surface area contributed by atoms with Crippen LogP contribution >= 0.6 is 11.6 Å². The second kappa shape index (κ2) is 5.14. The van der Waals surface area contributed by atoms with E-state index < -0.39 is 12.1 Å². The van der Waals surface area contributed by atoms with Gasteiger partial charge in [0.2, 0.25) is 0 Å². The van der Waals surface area contributed by atoms with Gasteiger partial charge in [0, 0.05) is 11.4 Å². The average Bonchev–Trinajstić information content (AvgIpc) is 2.14. The van der Waals surface area contributed by atoms with Crippen molar-refractivity contribution in [1.29, 1.82) is 0 Å². The number of aliphatic carboxylic acids is 1. The number of aryl methyl sites for hydroxylation is 1. The number of carboxylic acid groups (broad SMARTS) is 1. The highest BCUT2D eigenvalue weighted by Crippen LogP contribution is 2.24. The predicted octanol–water partition coefficient (Wildman–Crippen LogP) is 2.55. The Kier molecular flexibility index (Phi) is 4.12. The Morgan fingerprint density at radius 1 is 1.53 bits per heavy atom. The molecule has 0 radical (unpaired) electrons. The summed E-state index contributed by atoms with van der Waals surface area (Å²) in [5.74, 6) is -0.902. The monoisotopic (exact) mass is 228 g/mol. The fourth-order valence-electron chi connectivity index (χ4n) is 1.43. The van der Waals surface area contributed by atoms with E-state index in [0.717, 1.165) is 11.1 Å². The zero-order chi connectivity index (χ0) is 11.4. The number of carbonyl (C=O) groups is 1. The van der Waals surface area contributed by atoms with Crippen molar-refractivity contribution in [3.05, 3.63) is 34.3 Å². The van der Waals surface area contributed by atoms with E-state index in [-0.39, 0.29) is 12.8 Å². The molecule has 82 valence electrons. The van der Waals surface area contributed by atoms with Crippen LogP contribution in [0.3, 0.4) is 0 Å². The number of hydrogen-bond donors (Lipinski definition) is 2. The average molecular weight is 229 g/mol. The largest absolute Gasteiger partial charge is 0.481 e. The van der Waals surface area contributed by atoms with Crippen LogP contribution in [0.15, 0.2) is 18.2 Å². The van der Waals surface area contributed by atoms with Crippen molar-refractivity contribution in [2.24, 2.45) is 0 Å². The van der Waals surface area contributed by atoms with Gasteiger partial charge in [-0.15, -0.1) is 0 Å². The first-order valence-electron chi connectivity index (χ1n) is 4.66. The van der Waals surface area contributed by atoms with E-state index in [0.29, 0.717) is 5.02 Å². The summed E-state index contributed by atoms with van der Waals surface area (Å²) in [5.41, 5.74) is 1.61. The Morgan fingerprint density at radius 2 is 2.20 bits per heavy atom. The number of halogens is 1. The lowest BCUT2D eigenvalue weighted by Gasteiger charge is -2.12. The third kappa shape index (κ3) is 3.53. The number of aliphatic hydroxyl groups is 1. The second-order valence-electron chi connectivity index (χ2n) is 3.45. The topological polar surface area (TPSA) is 57.5 Å². The molecule has 0 fully saturated rings. The lowest BCUT2D eigenvalue weighted by Crippen LogP contribution is -2.03. The predicted molar refractivity (Wildman–Crippen MR) is 58.0 cm³/mol. The molecule has 0 bridgehead atoms. The van der Waals surface area contributed by atoms with Gasteiger partial charge in [-0.25, -0.2) is 0 Å². The first kappa shape index (κ1) is 12.0. The molecule has 0 aliphatic carbocycles. The van der Waals surface area contributed by atoms with Gasteiger partial charge in [-0.3, -0.25) is 4.79 Å². The number of rotatable bonds is 4. The summed E-state index contributed by atoms with van der Waals surface area (Å²) in [4.78, 5) is 10.3. The van der Waals surface area contributed by atoms with E-state index in [1.165, 1.54) is 0 Å². The van der Waals surface area contributed by atoms with Crippen LogP contribution in [0.5, 0.6) is 0 Å². The summed E-state index contributed by atoms with van der Waals surface area (Å²) in [6, 6.07) is 5.17. The quantitative estimate of drug-likeness (QED) is 0.833. The Morgan fingerprint density at radius 3 is 2.73 bits per heavy atom. The fraction of sp³-hybridized carbons (Fsp3) is 0.364. The van der Waals surface area contributed by atoms with Gasteiger partial charge in [0.05, 0.1) is 6.10 Å². The molecule has 1 unspecified atom stereocenters. The summed E-state index contributed by atoms with van der Waals surface area (Å²) in [7, 11) is 0. The molecular formula is C11H13ClO3. The van der Waals surface area contributed by atoms with Crippen LogP contribution in [0.1, 0.15) is 30.1 Å². The number of carboxylic acids is 1. The molecule has 0 saturated carbocycles. The standard InChI is InChI=1S/C11H13ClO3/c1-7-6-8(12)2-3-9(7)10(13)4-5-11(14)15/h2-3,6,10,13H,4-5H2,1H3,(H,14,15). The molecule has 0 spiro atoms. The minimum atomic E-state index is -0.902. The highest BCUT2D eigenvalue weighted by atomic mass is 35.5. The van der Waals surface area contributed by atoms with Crippen molar-refractivity contribution in [3.63, 3.8) is 0 Å². The Hall–Kier alpha value is -1.06. The molecule has 1 aromatic rings. The van der Waals surface area contributed by atoms with Crippen molar-refractivity contribution in [2.45, 2.75) is 25.9 Å². The van der Waals surface area contributed by atoms with E-state index in [4.69, 9.17) is 16.7 Å². The normalized spacial score (nSPS) is 12.5. The summed E-state index contributed by atoms with van der Waals surface area (Å²) >= 11 is 5.77. The van der Waals surface area contributed by atoms with E-state index >= 15 is 0 Å². The van der Waals surface area contributed by atoms with Gasteiger partial charge in [-0.1, -0.05) is 17.7 Å². The van der Waals surface area contributed by atoms with Crippen molar-refractivity contribution in [3.8, 4) is 0 Å². The van der Waals surface area contributed by atoms with Crippen molar-refractivity contribution in [2.75, 3.05) is 0 Å². The molecule has 0 aromatic heterocycles. The van der Waals surface area contributed by atoms with Gasteiger partial charge >= 0.3 is 5.97 Å². The zero-order valence-electron chi connectivity index (χ0n) is 8.40. The van der Waals surface area contributed by atoms with E-state index in [2.05, 4.69) is 0 Å². The molecule has 2 N–H and O–H groups in total. The van der Waals surface area contributed by atoms with Crippen LogP contribution in [0.4, 0.5) is 0 Å². The first-order chi connectivity index (χ1) is 7.00. The summed E-state index contributed by atoms with van der Waals surface area (Å²) < 4.78 is 0. The summed E-state index contributed by atoms with van der Waals surface area (Å²) in [6.45, 7) is 1.84. The molecule has 0 saturated heterocycles. The van der Waals surface area contributed by atoms with E-state index in [9.17, 15) is 9.90 Å². The Balaban J connectivity index is 2.73. The van der Waals surface area contributed by atoms with Gasteiger partial charge in [0.1, 0.15) is 0 Å². The third-order valence-electron chi connectivity index (χ3n) is 2.22. The molecular weight excluding hydrogens is 216 g/mol. The van der Waals surface area contributed by atoms with Gasteiger partial charge in [0.25, 0.3) is 0 Å². The highest BCUT2D eigenvalue weighted by molar-refractivity contribution is 6.30. The fourth-order valence-corrected chi connectivity index (χ4v) is 1.66. The van der Waals surface area contributed by atoms with Crippen molar-refractivity contribution < 1.29 is 15.0 Å². The van der Waals surface area contributed by atoms with Gasteiger partial charge < -0.3 is 10.2 Å². The number of aliphatic hydroxyl groups excluding tert-OH is 1. The molecule has 3 nitrogen and oxygen atoms in total. The minimum absolute atomic E-state index is 0.0385. The van der Waals surface area contributed by atoms with Crippen LogP contribution in [0.25, 0.3) is 0 Å². The molecule has 1 atom stereocenters. The summed E-state index contributed by atoms with van der Waals surface area (Å²) in [6.07, 6.45) is -0.556. The van der Waals surface area contributed by atoms with E-state index in [1.54, 1.807) is 18.2 Å². The minimum Gasteiger partial charge on any atom is -0.481 e.